The van der Waals surface area contributed by atoms with Gasteiger partial charge < -0.3 is 14.1 Å². The summed E-state index contributed by atoms with van der Waals surface area (Å²) in [6.45, 7) is 3.41. The zero-order chi connectivity index (χ0) is 16.9. The zero-order valence-corrected chi connectivity index (χ0v) is 13.7. The molecule has 2 heterocycles. The number of likely N-dealkylation sites (tertiary alicyclic amines) is 1. The Bertz CT molecular complexity index is 683. The van der Waals surface area contributed by atoms with Gasteiger partial charge in [0.2, 0.25) is 0 Å². The Morgan fingerprint density at radius 2 is 1.88 bits per heavy atom. The van der Waals surface area contributed by atoms with Gasteiger partial charge in [-0.25, -0.2) is 0 Å². The van der Waals surface area contributed by atoms with E-state index < -0.39 is 0 Å². The molecule has 1 aromatic carbocycles. The third-order valence-electron chi connectivity index (χ3n) is 4.35. The first-order chi connectivity index (χ1) is 11.6. The minimum Gasteiger partial charge on any atom is -0.461 e. The smallest absolute Gasteiger partial charge is 0.309 e. The van der Waals surface area contributed by atoms with Crippen LogP contribution in [0.25, 0.3) is 0 Å². The maximum absolute atomic E-state index is 12.2. The lowest BCUT2D eigenvalue weighted by Crippen LogP contribution is -2.40. The molecule has 0 spiro atoms. The number of carbonyl (C=O) groups is 2. The Balaban J connectivity index is 1.46. The fourth-order valence-electron chi connectivity index (χ4n) is 2.83. The van der Waals surface area contributed by atoms with Gasteiger partial charge in [-0.05, 0) is 37.5 Å². The molecular weight excluding hydrogens is 306 g/mol. The Labute approximate surface area is 141 Å². The Morgan fingerprint density at radius 3 is 2.50 bits per heavy atom. The number of benzene rings is 1. The molecule has 0 aliphatic carbocycles. The number of piperidine rings is 1. The number of carbonyl (C=O) groups excluding carboxylic acids is 2. The van der Waals surface area contributed by atoms with E-state index in [1.165, 1.54) is 11.8 Å². The molecule has 1 amide bonds. The van der Waals surface area contributed by atoms with Crippen LogP contribution in [0.15, 0.2) is 47.1 Å². The molecule has 1 fully saturated rings. The van der Waals surface area contributed by atoms with E-state index in [0.717, 1.165) is 5.56 Å². The molecule has 0 unspecified atom stereocenters. The van der Waals surface area contributed by atoms with Gasteiger partial charge in [-0.3, -0.25) is 9.59 Å². The minimum atomic E-state index is -0.180. The molecule has 1 aromatic heterocycles. The van der Waals surface area contributed by atoms with Crippen LogP contribution in [0.1, 0.15) is 34.5 Å². The number of hydrogen-bond donors (Lipinski definition) is 0. The monoisotopic (exact) mass is 327 g/mol. The quantitative estimate of drug-likeness (QED) is 0.809. The van der Waals surface area contributed by atoms with Gasteiger partial charge in [0.15, 0.2) is 5.76 Å². The summed E-state index contributed by atoms with van der Waals surface area (Å²) < 4.78 is 10.6. The Morgan fingerprint density at radius 1 is 1.17 bits per heavy atom. The Kier molecular flexibility index (Phi) is 4.99. The molecule has 1 aliphatic rings. The molecule has 2 aromatic rings. The molecule has 0 bridgehead atoms. The summed E-state index contributed by atoms with van der Waals surface area (Å²) in [6.07, 6.45) is 2.74. The van der Waals surface area contributed by atoms with Gasteiger partial charge in [0.1, 0.15) is 6.61 Å². The second-order valence-electron chi connectivity index (χ2n) is 6.14. The molecular formula is C19H21NO4. The highest BCUT2D eigenvalue weighted by Crippen LogP contribution is 2.21. The van der Waals surface area contributed by atoms with Crippen LogP contribution in [0.3, 0.4) is 0 Å². The first kappa shape index (κ1) is 16.3. The largest absolute Gasteiger partial charge is 0.461 e. The number of amides is 1. The number of hydrogen-bond acceptors (Lipinski definition) is 4. The lowest BCUT2D eigenvalue weighted by molar-refractivity contribution is -0.151. The second-order valence-corrected chi connectivity index (χ2v) is 6.14. The highest BCUT2D eigenvalue weighted by Gasteiger charge is 2.29. The first-order valence-corrected chi connectivity index (χ1v) is 8.18. The van der Waals surface area contributed by atoms with Gasteiger partial charge in [-0.2, -0.15) is 0 Å². The van der Waals surface area contributed by atoms with Crippen molar-refractivity contribution in [3.63, 3.8) is 0 Å². The fraction of sp³-hybridized carbons (Fsp3) is 0.368. The van der Waals surface area contributed by atoms with Gasteiger partial charge in [-0.15, -0.1) is 0 Å². The number of esters is 1. The molecule has 0 saturated carbocycles. The average molecular weight is 327 g/mol. The number of rotatable bonds is 4. The molecule has 0 radical (unpaired) electrons. The van der Waals surface area contributed by atoms with Crippen LogP contribution in [0.2, 0.25) is 0 Å². The topological polar surface area (TPSA) is 59.8 Å². The predicted molar refractivity (Wildman–Crippen MR) is 88.3 cm³/mol. The van der Waals surface area contributed by atoms with E-state index in [2.05, 4.69) is 0 Å². The SMILES string of the molecule is Cc1ccc(COC(=O)C2CCN(C(=O)c3ccco3)CC2)cc1. The summed E-state index contributed by atoms with van der Waals surface area (Å²) in [5.41, 5.74) is 2.16. The van der Waals surface area contributed by atoms with Crippen LogP contribution in [0.5, 0.6) is 0 Å². The number of aryl methyl sites for hydroxylation is 1. The highest BCUT2D eigenvalue weighted by molar-refractivity contribution is 5.91. The van der Waals surface area contributed by atoms with Crippen molar-refractivity contribution in [3.8, 4) is 0 Å². The van der Waals surface area contributed by atoms with Crippen molar-refractivity contribution in [3.05, 3.63) is 59.5 Å². The molecule has 0 atom stereocenters. The molecule has 24 heavy (non-hydrogen) atoms. The van der Waals surface area contributed by atoms with Crippen molar-refractivity contribution >= 4 is 11.9 Å². The van der Waals surface area contributed by atoms with Crippen molar-refractivity contribution in [2.24, 2.45) is 5.92 Å². The zero-order valence-electron chi connectivity index (χ0n) is 13.7. The number of nitrogens with zero attached hydrogens (tertiary/aromatic N) is 1. The number of ether oxygens (including phenoxy) is 1. The van der Waals surface area contributed by atoms with Crippen LogP contribution in [-0.2, 0) is 16.1 Å². The van der Waals surface area contributed by atoms with Crippen molar-refractivity contribution < 1.29 is 18.7 Å². The van der Waals surface area contributed by atoms with Crippen LogP contribution < -0.4 is 0 Å². The van der Waals surface area contributed by atoms with Gasteiger partial charge >= 0.3 is 5.97 Å². The van der Waals surface area contributed by atoms with Gasteiger partial charge in [0.25, 0.3) is 5.91 Å². The maximum atomic E-state index is 12.2. The molecule has 0 N–H and O–H groups in total. The summed E-state index contributed by atoms with van der Waals surface area (Å²) in [4.78, 5) is 26.1. The summed E-state index contributed by atoms with van der Waals surface area (Å²) >= 11 is 0. The second kappa shape index (κ2) is 7.34. The van der Waals surface area contributed by atoms with Crippen LogP contribution in [-0.4, -0.2) is 29.9 Å². The van der Waals surface area contributed by atoms with Crippen LogP contribution in [0.4, 0.5) is 0 Å². The average Bonchev–Trinajstić information content (AvgIpc) is 3.15. The summed E-state index contributed by atoms with van der Waals surface area (Å²) in [5.74, 6) is -0.0985. The van der Waals surface area contributed by atoms with E-state index in [1.807, 2.05) is 31.2 Å². The van der Waals surface area contributed by atoms with Gasteiger partial charge in [0.05, 0.1) is 12.2 Å². The predicted octanol–water partition coefficient (Wildman–Crippen LogP) is 3.18. The van der Waals surface area contributed by atoms with Gasteiger partial charge in [-0.1, -0.05) is 29.8 Å². The minimum absolute atomic E-state index is 0.119. The fourth-order valence-corrected chi connectivity index (χ4v) is 2.83. The summed E-state index contributed by atoms with van der Waals surface area (Å²) in [7, 11) is 0. The van der Waals surface area contributed by atoms with Crippen molar-refractivity contribution in [1.82, 2.24) is 4.90 Å². The van der Waals surface area contributed by atoms with Crippen molar-refractivity contribution in [1.29, 1.82) is 0 Å². The van der Waals surface area contributed by atoms with E-state index in [0.29, 0.717) is 38.3 Å². The van der Waals surface area contributed by atoms with Gasteiger partial charge in [0, 0.05) is 13.1 Å². The first-order valence-electron chi connectivity index (χ1n) is 8.18. The van der Waals surface area contributed by atoms with Crippen LogP contribution >= 0.6 is 0 Å². The van der Waals surface area contributed by atoms with Crippen LogP contribution in [0, 0.1) is 12.8 Å². The third kappa shape index (κ3) is 3.85. The lowest BCUT2D eigenvalue weighted by atomic mass is 9.97. The molecule has 126 valence electrons. The summed E-state index contributed by atoms with van der Waals surface area (Å²) in [6, 6.07) is 11.3. The normalized spacial score (nSPS) is 15.3. The van der Waals surface area contributed by atoms with E-state index >= 15 is 0 Å². The van der Waals surface area contributed by atoms with E-state index in [-0.39, 0.29) is 17.8 Å². The van der Waals surface area contributed by atoms with E-state index in [4.69, 9.17) is 9.15 Å². The Hall–Kier alpha value is -2.56. The molecule has 3 rings (SSSR count). The van der Waals surface area contributed by atoms with E-state index in [1.54, 1.807) is 17.0 Å². The third-order valence-corrected chi connectivity index (χ3v) is 4.35. The summed E-state index contributed by atoms with van der Waals surface area (Å²) in [5, 5.41) is 0. The van der Waals surface area contributed by atoms with Crippen molar-refractivity contribution in [2.75, 3.05) is 13.1 Å². The molecule has 1 aliphatic heterocycles. The number of furan rings is 1. The lowest BCUT2D eigenvalue weighted by Gasteiger charge is -2.30. The van der Waals surface area contributed by atoms with Crippen molar-refractivity contribution in [2.45, 2.75) is 26.4 Å². The molecule has 5 nitrogen and oxygen atoms in total. The van der Waals surface area contributed by atoms with E-state index in [9.17, 15) is 9.59 Å². The maximum Gasteiger partial charge on any atom is 0.309 e. The molecule has 5 heteroatoms. The molecule has 1 saturated heterocycles. The highest BCUT2D eigenvalue weighted by atomic mass is 16.5. The standard InChI is InChI=1S/C19H21NO4/c1-14-4-6-15(7-5-14)13-24-19(22)16-8-10-20(11-9-16)18(21)17-3-2-12-23-17/h2-7,12,16H,8-11,13H2,1H3.